The zero-order valence-electron chi connectivity index (χ0n) is 10.3. The Morgan fingerprint density at radius 1 is 1.11 bits per heavy atom. The number of pyridine rings is 1. The van der Waals surface area contributed by atoms with Gasteiger partial charge in [0, 0.05) is 11.8 Å². The molecular formula is C14H13F3N2. The summed E-state index contributed by atoms with van der Waals surface area (Å²) in [5.74, 6) is -2.36. The molecule has 2 rings (SSSR count). The van der Waals surface area contributed by atoms with E-state index in [2.05, 4.69) is 10.3 Å². The lowest BCUT2D eigenvalue weighted by atomic mass is 9.99. The third-order valence-electron chi connectivity index (χ3n) is 2.80. The van der Waals surface area contributed by atoms with Gasteiger partial charge in [-0.1, -0.05) is 13.0 Å². The molecule has 1 heterocycles. The second-order valence-electron chi connectivity index (χ2n) is 4.06. The maximum absolute atomic E-state index is 13.8. The Morgan fingerprint density at radius 2 is 1.89 bits per heavy atom. The van der Waals surface area contributed by atoms with Crippen molar-refractivity contribution in [2.45, 2.75) is 13.0 Å². The molecule has 1 aromatic heterocycles. The number of nitrogens with zero attached hydrogens (tertiary/aromatic N) is 1. The predicted octanol–water partition coefficient (Wildman–Crippen LogP) is 3.20. The van der Waals surface area contributed by atoms with Crippen molar-refractivity contribution in [3.05, 3.63) is 65.2 Å². The molecule has 0 saturated carbocycles. The van der Waals surface area contributed by atoms with Gasteiger partial charge in [-0.05, 0) is 30.3 Å². The van der Waals surface area contributed by atoms with Crippen LogP contribution in [0.15, 0.2) is 36.7 Å². The van der Waals surface area contributed by atoms with Gasteiger partial charge in [0.1, 0.15) is 5.82 Å². The minimum Gasteiger partial charge on any atom is -0.306 e. The maximum atomic E-state index is 13.8. The number of benzene rings is 1. The first kappa shape index (κ1) is 13.5. The molecule has 0 amide bonds. The van der Waals surface area contributed by atoms with Crippen LogP contribution in [0.1, 0.15) is 24.1 Å². The molecule has 1 aromatic carbocycles. The summed E-state index contributed by atoms with van der Waals surface area (Å²) in [7, 11) is 0. The molecule has 0 fully saturated rings. The summed E-state index contributed by atoms with van der Waals surface area (Å²) in [5, 5.41) is 3.05. The van der Waals surface area contributed by atoms with Crippen LogP contribution in [0.25, 0.3) is 0 Å². The quantitative estimate of drug-likeness (QED) is 0.919. The highest BCUT2D eigenvalue weighted by atomic mass is 19.2. The fourth-order valence-electron chi connectivity index (χ4n) is 1.92. The second kappa shape index (κ2) is 5.84. The minimum absolute atomic E-state index is 0.350. The SMILES string of the molecule is CCNC(c1ccc(F)c(F)c1)c1ccncc1F. The zero-order valence-corrected chi connectivity index (χ0v) is 10.3. The van der Waals surface area contributed by atoms with Gasteiger partial charge in [0.05, 0.1) is 12.2 Å². The number of rotatable bonds is 4. The highest BCUT2D eigenvalue weighted by molar-refractivity contribution is 5.32. The van der Waals surface area contributed by atoms with E-state index in [1.165, 1.54) is 18.3 Å². The second-order valence-corrected chi connectivity index (χ2v) is 4.06. The lowest BCUT2D eigenvalue weighted by Crippen LogP contribution is -2.23. The van der Waals surface area contributed by atoms with Gasteiger partial charge in [-0.2, -0.15) is 0 Å². The Morgan fingerprint density at radius 3 is 2.53 bits per heavy atom. The summed E-state index contributed by atoms with van der Waals surface area (Å²) in [4.78, 5) is 3.68. The molecule has 0 aliphatic heterocycles. The van der Waals surface area contributed by atoms with Gasteiger partial charge in [0.15, 0.2) is 11.6 Å². The van der Waals surface area contributed by atoms with E-state index in [1.54, 1.807) is 0 Å². The van der Waals surface area contributed by atoms with Gasteiger partial charge in [0.2, 0.25) is 0 Å². The lowest BCUT2D eigenvalue weighted by Gasteiger charge is -2.19. The Kier molecular flexibility index (Phi) is 4.16. The van der Waals surface area contributed by atoms with Gasteiger partial charge >= 0.3 is 0 Å². The first-order chi connectivity index (χ1) is 9.13. The van der Waals surface area contributed by atoms with Gasteiger partial charge < -0.3 is 5.32 Å². The van der Waals surface area contributed by atoms with Crippen molar-refractivity contribution in [1.29, 1.82) is 0 Å². The number of nitrogens with one attached hydrogen (secondary N) is 1. The summed E-state index contributed by atoms with van der Waals surface area (Å²) < 4.78 is 40.0. The molecule has 0 spiro atoms. The first-order valence-electron chi connectivity index (χ1n) is 5.91. The molecule has 0 saturated heterocycles. The standard InChI is InChI=1S/C14H13F3N2/c1-2-19-14(10-5-6-18-8-13(10)17)9-3-4-11(15)12(16)7-9/h3-8,14,19H,2H2,1H3. The van der Waals surface area contributed by atoms with E-state index < -0.39 is 23.5 Å². The predicted molar refractivity (Wildman–Crippen MR) is 66.1 cm³/mol. The van der Waals surface area contributed by atoms with Gasteiger partial charge in [-0.3, -0.25) is 4.98 Å². The van der Waals surface area contributed by atoms with Crippen molar-refractivity contribution in [3.63, 3.8) is 0 Å². The number of aromatic nitrogens is 1. The van der Waals surface area contributed by atoms with Crippen molar-refractivity contribution < 1.29 is 13.2 Å². The van der Waals surface area contributed by atoms with E-state index in [0.29, 0.717) is 17.7 Å². The van der Waals surface area contributed by atoms with Crippen LogP contribution in [-0.4, -0.2) is 11.5 Å². The Hall–Kier alpha value is -1.88. The zero-order chi connectivity index (χ0) is 13.8. The summed E-state index contributed by atoms with van der Waals surface area (Å²) in [6.07, 6.45) is 2.56. The highest BCUT2D eigenvalue weighted by Gasteiger charge is 2.18. The number of hydrogen-bond acceptors (Lipinski definition) is 2. The Balaban J connectivity index is 2.45. The van der Waals surface area contributed by atoms with Crippen molar-refractivity contribution in [2.75, 3.05) is 6.54 Å². The molecule has 0 bridgehead atoms. The largest absolute Gasteiger partial charge is 0.306 e. The Bertz CT molecular complexity index is 572. The average Bonchev–Trinajstić information content (AvgIpc) is 2.40. The van der Waals surface area contributed by atoms with E-state index in [9.17, 15) is 13.2 Å². The molecule has 100 valence electrons. The number of halogens is 3. The van der Waals surface area contributed by atoms with Gasteiger partial charge in [-0.15, -0.1) is 0 Å². The van der Waals surface area contributed by atoms with Crippen molar-refractivity contribution in [2.24, 2.45) is 0 Å². The maximum Gasteiger partial charge on any atom is 0.159 e. The summed E-state index contributed by atoms with van der Waals surface area (Å²) >= 11 is 0. The normalized spacial score (nSPS) is 12.4. The van der Waals surface area contributed by atoms with Crippen molar-refractivity contribution >= 4 is 0 Å². The monoisotopic (exact) mass is 266 g/mol. The van der Waals surface area contributed by atoms with E-state index in [4.69, 9.17) is 0 Å². The third kappa shape index (κ3) is 2.93. The minimum atomic E-state index is -0.949. The molecular weight excluding hydrogens is 253 g/mol. The van der Waals surface area contributed by atoms with Crippen LogP contribution in [0.5, 0.6) is 0 Å². The third-order valence-corrected chi connectivity index (χ3v) is 2.80. The molecule has 2 aromatic rings. The van der Waals surface area contributed by atoms with E-state index in [0.717, 1.165) is 18.3 Å². The molecule has 0 aliphatic carbocycles. The summed E-state index contributed by atoms with van der Waals surface area (Å²) in [6, 6.07) is 4.52. The van der Waals surface area contributed by atoms with Crippen LogP contribution in [0.2, 0.25) is 0 Å². The van der Waals surface area contributed by atoms with E-state index >= 15 is 0 Å². The molecule has 0 aliphatic rings. The van der Waals surface area contributed by atoms with E-state index in [-0.39, 0.29) is 0 Å². The first-order valence-corrected chi connectivity index (χ1v) is 5.91. The van der Waals surface area contributed by atoms with Gasteiger partial charge in [0.25, 0.3) is 0 Å². The topological polar surface area (TPSA) is 24.9 Å². The van der Waals surface area contributed by atoms with Crippen LogP contribution >= 0.6 is 0 Å². The molecule has 0 radical (unpaired) electrons. The van der Waals surface area contributed by atoms with Crippen LogP contribution in [0.3, 0.4) is 0 Å². The lowest BCUT2D eigenvalue weighted by molar-refractivity contribution is 0.501. The molecule has 2 nitrogen and oxygen atoms in total. The van der Waals surface area contributed by atoms with Crippen LogP contribution in [0, 0.1) is 17.5 Å². The van der Waals surface area contributed by atoms with Crippen molar-refractivity contribution in [1.82, 2.24) is 10.3 Å². The summed E-state index contributed by atoms with van der Waals surface area (Å²) in [6.45, 7) is 2.41. The van der Waals surface area contributed by atoms with E-state index in [1.807, 2.05) is 6.92 Å². The molecule has 19 heavy (non-hydrogen) atoms. The fourth-order valence-corrected chi connectivity index (χ4v) is 1.92. The molecule has 1 N–H and O–H groups in total. The van der Waals surface area contributed by atoms with Crippen LogP contribution < -0.4 is 5.32 Å². The summed E-state index contributed by atoms with van der Waals surface area (Å²) in [5.41, 5.74) is 0.814. The molecule has 5 heteroatoms. The highest BCUT2D eigenvalue weighted by Crippen LogP contribution is 2.25. The number of hydrogen-bond donors (Lipinski definition) is 1. The Labute approximate surface area is 109 Å². The fraction of sp³-hybridized carbons (Fsp3) is 0.214. The van der Waals surface area contributed by atoms with Crippen LogP contribution in [-0.2, 0) is 0 Å². The van der Waals surface area contributed by atoms with Gasteiger partial charge in [-0.25, -0.2) is 13.2 Å². The molecule has 1 atom stereocenters. The van der Waals surface area contributed by atoms with Crippen LogP contribution in [0.4, 0.5) is 13.2 Å². The molecule has 1 unspecified atom stereocenters. The average molecular weight is 266 g/mol. The smallest absolute Gasteiger partial charge is 0.159 e. The van der Waals surface area contributed by atoms with Crippen molar-refractivity contribution in [3.8, 4) is 0 Å².